The third-order valence-electron chi connectivity index (χ3n) is 5.27. The van der Waals surface area contributed by atoms with Crippen molar-refractivity contribution in [1.29, 1.82) is 0 Å². The van der Waals surface area contributed by atoms with Crippen LogP contribution in [-0.4, -0.2) is 57.8 Å². The maximum Gasteiger partial charge on any atom is 0.272 e. The number of hydrogen-bond acceptors (Lipinski definition) is 4. The Morgan fingerprint density at radius 3 is 2.20 bits per heavy atom. The Morgan fingerprint density at radius 1 is 0.900 bits per heavy atom. The first kappa shape index (κ1) is 19.8. The number of carbonyl (C=O) groups is 2. The molecular weight excluding hydrogens is 378 g/mol. The minimum absolute atomic E-state index is 0.141. The summed E-state index contributed by atoms with van der Waals surface area (Å²) < 4.78 is 0. The third kappa shape index (κ3) is 4.75. The van der Waals surface area contributed by atoms with Crippen molar-refractivity contribution in [2.45, 2.75) is 13.1 Å². The Hall–Kier alpha value is -3.45. The smallest absolute Gasteiger partial charge is 0.272 e. The molecule has 1 aromatic heterocycles. The summed E-state index contributed by atoms with van der Waals surface area (Å²) >= 11 is 0. The van der Waals surface area contributed by atoms with Crippen LogP contribution < -0.4 is 5.32 Å². The van der Waals surface area contributed by atoms with Crippen molar-refractivity contribution in [1.82, 2.24) is 25.1 Å². The number of benzene rings is 2. The summed E-state index contributed by atoms with van der Waals surface area (Å²) in [6.45, 7) is 4.10. The fourth-order valence-corrected chi connectivity index (χ4v) is 3.60. The van der Waals surface area contributed by atoms with Gasteiger partial charge in [-0.2, -0.15) is 0 Å². The van der Waals surface area contributed by atoms with E-state index < -0.39 is 0 Å². The molecule has 30 heavy (non-hydrogen) atoms. The maximum absolute atomic E-state index is 13.0. The highest BCUT2D eigenvalue weighted by atomic mass is 16.2. The van der Waals surface area contributed by atoms with Gasteiger partial charge in [-0.3, -0.25) is 14.5 Å². The maximum atomic E-state index is 13.0. The number of piperazine rings is 1. The van der Waals surface area contributed by atoms with Gasteiger partial charge in [0.15, 0.2) is 5.69 Å². The van der Waals surface area contributed by atoms with Crippen molar-refractivity contribution >= 4 is 11.8 Å². The van der Waals surface area contributed by atoms with Gasteiger partial charge < -0.3 is 15.2 Å². The molecule has 0 spiro atoms. The number of rotatable bonds is 6. The highest BCUT2D eigenvalue weighted by Crippen LogP contribution is 2.13. The monoisotopic (exact) mass is 403 g/mol. The van der Waals surface area contributed by atoms with Gasteiger partial charge in [-0.15, -0.1) is 0 Å². The molecule has 2 heterocycles. The topological polar surface area (TPSA) is 81.3 Å². The number of amides is 2. The summed E-state index contributed by atoms with van der Waals surface area (Å²) in [4.78, 5) is 36.6. The largest absolute Gasteiger partial charge is 0.347 e. The summed E-state index contributed by atoms with van der Waals surface area (Å²) in [5.41, 5.74) is 2.65. The predicted octanol–water partition coefficient (Wildman–Crippen LogP) is 2.30. The van der Waals surface area contributed by atoms with Gasteiger partial charge in [-0.1, -0.05) is 60.7 Å². The lowest BCUT2D eigenvalue weighted by molar-refractivity contribution is 0.0619. The predicted molar refractivity (Wildman–Crippen MR) is 114 cm³/mol. The van der Waals surface area contributed by atoms with Gasteiger partial charge in [0.05, 0.1) is 6.33 Å². The zero-order valence-electron chi connectivity index (χ0n) is 16.8. The zero-order chi connectivity index (χ0) is 20.8. The van der Waals surface area contributed by atoms with E-state index in [1.165, 1.54) is 11.9 Å². The zero-order valence-corrected chi connectivity index (χ0v) is 16.8. The normalized spacial score (nSPS) is 14.5. The van der Waals surface area contributed by atoms with Crippen LogP contribution >= 0.6 is 0 Å². The number of imidazole rings is 1. The molecule has 0 radical (unpaired) electrons. The van der Waals surface area contributed by atoms with Gasteiger partial charge in [-0.25, -0.2) is 4.98 Å². The minimum atomic E-state index is -0.355. The second kappa shape index (κ2) is 9.37. The molecule has 0 saturated carbocycles. The van der Waals surface area contributed by atoms with Gasteiger partial charge in [0, 0.05) is 39.3 Å². The summed E-state index contributed by atoms with van der Waals surface area (Å²) in [5, 5.41) is 2.83. The number of aromatic nitrogens is 2. The van der Waals surface area contributed by atoms with E-state index in [4.69, 9.17) is 0 Å². The molecule has 0 unspecified atom stereocenters. The minimum Gasteiger partial charge on any atom is -0.347 e. The van der Waals surface area contributed by atoms with Crippen molar-refractivity contribution in [2.24, 2.45) is 0 Å². The first-order chi connectivity index (χ1) is 14.7. The molecule has 7 nitrogen and oxygen atoms in total. The number of nitrogens with one attached hydrogen (secondary N) is 2. The average Bonchev–Trinajstić information content (AvgIpc) is 3.29. The highest BCUT2D eigenvalue weighted by Gasteiger charge is 2.27. The van der Waals surface area contributed by atoms with Crippen LogP contribution in [-0.2, 0) is 13.1 Å². The van der Waals surface area contributed by atoms with Crippen LogP contribution in [0.3, 0.4) is 0 Å². The van der Waals surface area contributed by atoms with E-state index in [1.54, 1.807) is 4.90 Å². The number of aromatic amines is 1. The lowest BCUT2D eigenvalue weighted by atomic mass is 10.2. The molecule has 7 heteroatoms. The molecule has 0 aliphatic carbocycles. The van der Waals surface area contributed by atoms with Crippen molar-refractivity contribution in [3.63, 3.8) is 0 Å². The molecule has 1 fully saturated rings. The van der Waals surface area contributed by atoms with Gasteiger partial charge in [0.25, 0.3) is 11.8 Å². The first-order valence-electron chi connectivity index (χ1n) is 10.1. The summed E-state index contributed by atoms with van der Waals surface area (Å²) in [6, 6.07) is 20.0. The van der Waals surface area contributed by atoms with E-state index in [0.717, 1.165) is 25.2 Å². The number of H-pyrrole nitrogens is 1. The van der Waals surface area contributed by atoms with Crippen LogP contribution in [0.5, 0.6) is 0 Å². The lowest BCUT2D eigenvalue weighted by Gasteiger charge is -2.34. The SMILES string of the molecule is O=C(NCc1ccccc1)c1nc[nH]c1C(=O)N1CCN(Cc2ccccc2)CC1. The molecule has 2 amide bonds. The number of carbonyl (C=O) groups excluding carboxylic acids is 2. The standard InChI is InChI=1S/C23H25N5O2/c29-22(24-15-18-7-3-1-4-8-18)20-21(26-17-25-20)23(30)28-13-11-27(12-14-28)16-19-9-5-2-6-10-19/h1-10,17H,11-16H2,(H,24,29)(H,25,26). The van der Waals surface area contributed by atoms with Crippen LogP contribution in [0.15, 0.2) is 67.0 Å². The Labute approximate surface area is 175 Å². The van der Waals surface area contributed by atoms with E-state index in [-0.39, 0.29) is 23.2 Å². The fourth-order valence-electron chi connectivity index (χ4n) is 3.60. The summed E-state index contributed by atoms with van der Waals surface area (Å²) in [7, 11) is 0. The Morgan fingerprint density at radius 2 is 1.53 bits per heavy atom. The van der Waals surface area contributed by atoms with Crippen LogP contribution in [0.25, 0.3) is 0 Å². The third-order valence-corrected chi connectivity index (χ3v) is 5.27. The second-order valence-corrected chi connectivity index (χ2v) is 7.35. The summed E-state index contributed by atoms with van der Waals surface area (Å²) in [6.07, 6.45) is 1.40. The average molecular weight is 403 g/mol. The van der Waals surface area contributed by atoms with Crippen LogP contribution in [0.1, 0.15) is 32.1 Å². The van der Waals surface area contributed by atoms with Gasteiger partial charge in [0.1, 0.15) is 5.69 Å². The molecule has 1 saturated heterocycles. The highest BCUT2D eigenvalue weighted by molar-refractivity contribution is 6.04. The molecule has 1 aliphatic heterocycles. The lowest BCUT2D eigenvalue weighted by Crippen LogP contribution is -2.48. The molecular formula is C23H25N5O2. The van der Waals surface area contributed by atoms with E-state index in [9.17, 15) is 9.59 Å². The van der Waals surface area contributed by atoms with Crippen molar-refractivity contribution in [3.8, 4) is 0 Å². The quantitative estimate of drug-likeness (QED) is 0.662. The van der Waals surface area contributed by atoms with E-state index in [1.807, 2.05) is 48.5 Å². The molecule has 1 aliphatic rings. The molecule has 154 valence electrons. The van der Waals surface area contributed by atoms with Crippen molar-refractivity contribution < 1.29 is 9.59 Å². The molecule has 0 bridgehead atoms. The van der Waals surface area contributed by atoms with Gasteiger partial charge in [0.2, 0.25) is 0 Å². The van der Waals surface area contributed by atoms with Crippen LogP contribution in [0.2, 0.25) is 0 Å². The van der Waals surface area contributed by atoms with Gasteiger partial charge >= 0.3 is 0 Å². The Kier molecular flexibility index (Phi) is 6.20. The van der Waals surface area contributed by atoms with E-state index >= 15 is 0 Å². The molecule has 2 aromatic carbocycles. The van der Waals surface area contributed by atoms with E-state index in [2.05, 4.69) is 32.3 Å². The van der Waals surface area contributed by atoms with Crippen LogP contribution in [0.4, 0.5) is 0 Å². The van der Waals surface area contributed by atoms with E-state index in [0.29, 0.717) is 19.6 Å². The number of hydrogen-bond donors (Lipinski definition) is 2. The summed E-state index contributed by atoms with van der Waals surface area (Å²) in [5.74, 6) is -0.539. The Balaban J connectivity index is 1.33. The molecule has 0 atom stereocenters. The first-order valence-corrected chi connectivity index (χ1v) is 10.1. The van der Waals surface area contributed by atoms with Crippen molar-refractivity contribution in [2.75, 3.05) is 26.2 Å². The molecule has 2 N–H and O–H groups in total. The fraction of sp³-hybridized carbons (Fsp3) is 0.261. The molecule has 3 aromatic rings. The van der Waals surface area contributed by atoms with Crippen LogP contribution in [0, 0.1) is 0 Å². The Bertz CT molecular complexity index is 979. The van der Waals surface area contributed by atoms with Gasteiger partial charge in [-0.05, 0) is 11.1 Å². The van der Waals surface area contributed by atoms with Crippen molar-refractivity contribution in [3.05, 3.63) is 89.5 Å². The second-order valence-electron chi connectivity index (χ2n) is 7.35. The molecule has 4 rings (SSSR count). The number of nitrogens with zero attached hydrogens (tertiary/aromatic N) is 3.